The third kappa shape index (κ3) is 6.72. The Morgan fingerprint density at radius 3 is 2.59 bits per heavy atom. The Morgan fingerprint density at radius 2 is 1.92 bits per heavy atom. The SMILES string of the molecule is COc1ncc(NC(=O)C(=O)N2C[C@@H](C)CC[C@@H]2C2=CC(=N)/C(=C\NC3CCN(C)CC3)C=C2)cc1C(N)=O. The molecule has 5 N–H and O–H groups in total. The number of anilines is 1. The average molecular weight is 536 g/mol. The molecule has 11 heteroatoms. The second kappa shape index (κ2) is 12.2. The topological polar surface area (TPSA) is 154 Å². The van der Waals surface area contributed by atoms with Crippen molar-refractivity contribution < 1.29 is 19.1 Å². The molecule has 208 valence electrons. The van der Waals surface area contributed by atoms with Gasteiger partial charge in [-0.1, -0.05) is 19.1 Å². The van der Waals surface area contributed by atoms with Gasteiger partial charge in [-0.05, 0) is 69.5 Å². The Labute approximate surface area is 228 Å². The van der Waals surface area contributed by atoms with Crippen LogP contribution >= 0.6 is 0 Å². The van der Waals surface area contributed by atoms with Crippen LogP contribution < -0.4 is 21.1 Å². The second-order valence-corrected chi connectivity index (χ2v) is 10.5. The summed E-state index contributed by atoms with van der Waals surface area (Å²) in [6.07, 6.45) is 12.5. The summed E-state index contributed by atoms with van der Waals surface area (Å²) >= 11 is 0. The number of nitrogens with zero attached hydrogens (tertiary/aromatic N) is 3. The number of allylic oxidation sites excluding steroid dienone is 3. The molecule has 2 saturated heterocycles. The van der Waals surface area contributed by atoms with Gasteiger partial charge in [-0.3, -0.25) is 14.4 Å². The zero-order valence-corrected chi connectivity index (χ0v) is 22.7. The molecule has 1 aromatic rings. The van der Waals surface area contributed by atoms with Crippen molar-refractivity contribution in [1.29, 1.82) is 5.41 Å². The summed E-state index contributed by atoms with van der Waals surface area (Å²) in [7, 11) is 3.48. The zero-order valence-electron chi connectivity index (χ0n) is 22.7. The third-order valence-corrected chi connectivity index (χ3v) is 7.50. The average Bonchev–Trinajstić information content (AvgIpc) is 2.92. The molecule has 0 unspecified atom stereocenters. The fourth-order valence-corrected chi connectivity index (χ4v) is 5.19. The van der Waals surface area contributed by atoms with Crippen LogP contribution in [0.5, 0.6) is 5.88 Å². The van der Waals surface area contributed by atoms with Gasteiger partial charge in [0.1, 0.15) is 5.56 Å². The Kier molecular flexibility index (Phi) is 8.80. The normalized spacial score (nSPS) is 23.4. The van der Waals surface area contributed by atoms with Crippen LogP contribution in [0, 0.1) is 11.3 Å². The number of rotatable bonds is 6. The first-order valence-electron chi connectivity index (χ1n) is 13.3. The molecular formula is C28H37N7O4. The van der Waals surface area contributed by atoms with E-state index in [1.165, 1.54) is 19.4 Å². The van der Waals surface area contributed by atoms with E-state index >= 15 is 0 Å². The van der Waals surface area contributed by atoms with E-state index < -0.39 is 17.7 Å². The molecule has 2 fully saturated rings. The summed E-state index contributed by atoms with van der Waals surface area (Å²) in [4.78, 5) is 45.9. The molecule has 3 amide bonds. The van der Waals surface area contributed by atoms with Gasteiger partial charge in [-0.25, -0.2) is 4.98 Å². The van der Waals surface area contributed by atoms with E-state index in [0.717, 1.165) is 43.5 Å². The first-order valence-corrected chi connectivity index (χ1v) is 13.3. The minimum atomic E-state index is -0.838. The van der Waals surface area contributed by atoms with E-state index in [4.69, 9.17) is 15.9 Å². The van der Waals surface area contributed by atoms with E-state index in [9.17, 15) is 14.4 Å². The minimum Gasteiger partial charge on any atom is -0.480 e. The molecule has 4 rings (SSSR count). The van der Waals surface area contributed by atoms with Crippen LogP contribution in [0.15, 0.2) is 47.8 Å². The van der Waals surface area contributed by atoms with E-state index in [1.54, 1.807) is 11.0 Å². The fourth-order valence-electron chi connectivity index (χ4n) is 5.19. The number of ether oxygens (including phenoxy) is 1. The highest BCUT2D eigenvalue weighted by Gasteiger charge is 2.35. The summed E-state index contributed by atoms with van der Waals surface area (Å²) < 4.78 is 5.03. The van der Waals surface area contributed by atoms with Gasteiger partial charge in [0.05, 0.1) is 30.7 Å². The largest absolute Gasteiger partial charge is 0.480 e. The summed E-state index contributed by atoms with van der Waals surface area (Å²) in [5.74, 6) is -2.03. The van der Waals surface area contributed by atoms with E-state index in [2.05, 4.69) is 27.6 Å². The van der Waals surface area contributed by atoms with Crippen LogP contribution in [0.25, 0.3) is 0 Å². The van der Waals surface area contributed by atoms with Gasteiger partial charge in [0.2, 0.25) is 5.88 Å². The summed E-state index contributed by atoms with van der Waals surface area (Å²) in [5.41, 5.74) is 7.52. The lowest BCUT2D eigenvalue weighted by Gasteiger charge is -2.39. The van der Waals surface area contributed by atoms with E-state index in [-0.39, 0.29) is 29.1 Å². The highest BCUT2D eigenvalue weighted by atomic mass is 16.5. The van der Waals surface area contributed by atoms with Crippen LogP contribution in [-0.2, 0) is 9.59 Å². The number of carbonyl (C=O) groups excluding carboxylic acids is 3. The number of nitrogens with two attached hydrogens (primary N) is 1. The van der Waals surface area contributed by atoms with Crippen molar-refractivity contribution in [3.63, 3.8) is 0 Å². The number of pyridine rings is 1. The fraction of sp³-hybridized carbons (Fsp3) is 0.464. The maximum absolute atomic E-state index is 13.3. The van der Waals surface area contributed by atoms with Crippen molar-refractivity contribution >= 4 is 29.1 Å². The Morgan fingerprint density at radius 1 is 1.18 bits per heavy atom. The molecule has 0 spiro atoms. The first kappa shape index (κ1) is 28.0. The molecule has 3 heterocycles. The predicted molar refractivity (Wildman–Crippen MR) is 149 cm³/mol. The monoisotopic (exact) mass is 535 g/mol. The Hall–Kier alpha value is -3.99. The van der Waals surface area contributed by atoms with Gasteiger partial charge < -0.3 is 36.3 Å². The number of methoxy groups -OCH3 is 1. The lowest BCUT2D eigenvalue weighted by atomic mass is 9.86. The lowest BCUT2D eigenvalue weighted by Crippen LogP contribution is -2.51. The molecular weight excluding hydrogens is 498 g/mol. The van der Waals surface area contributed by atoms with E-state index in [1.807, 2.05) is 25.3 Å². The van der Waals surface area contributed by atoms with Gasteiger partial charge in [0.15, 0.2) is 0 Å². The quantitative estimate of drug-likeness (QED) is 0.405. The van der Waals surface area contributed by atoms with Crippen molar-refractivity contribution in [2.75, 3.05) is 39.1 Å². The number of primary amides is 1. The van der Waals surface area contributed by atoms with E-state index in [0.29, 0.717) is 24.7 Å². The van der Waals surface area contributed by atoms with Crippen LogP contribution in [0.3, 0.4) is 0 Å². The van der Waals surface area contributed by atoms with Gasteiger partial charge >= 0.3 is 11.8 Å². The highest BCUT2D eigenvalue weighted by molar-refractivity contribution is 6.39. The number of nitrogens with one attached hydrogen (secondary N) is 3. The number of carbonyl (C=O) groups is 3. The number of piperidine rings is 2. The van der Waals surface area contributed by atoms with Crippen molar-refractivity contribution in [3.05, 3.63) is 53.4 Å². The standard InChI is InChI=1S/C28H37N7O4/c1-17-4-7-24(18-5-6-19(23(29)12-18)14-31-20-8-10-34(2)11-9-20)35(16-17)28(38)26(37)33-21-13-22(25(30)36)27(39-3)32-15-21/h5-6,12-15,17,20,24,29,31H,4,7-11,16H2,1-3H3,(H2,30,36)(H,33,37)/b19-14-,29-23?/t17-,24+/m0/s1. The molecule has 1 aliphatic carbocycles. The number of hydrogen-bond donors (Lipinski definition) is 4. The van der Waals surface area contributed by atoms with Crippen molar-refractivity contribution in [2.45, 2.75) is 44.7 Å². The maximum Gasteiger partial charge on any atom is 0.313 e. The van der Waals surface area contributed by atoms with Crippen LogP contribution in [0.4, 0.5) is 5.69 Å². The van der Waals surface area contributed by atoms with Gasteiger partial charge in [-0.2, -0.15) is 0 Å². The smallest absolute Gasteiger partial charge is 0.313 e. The lowest BCUT2D eigenvalue weighted by molar-refractivity contribution is -0.145. The summed E-state index contributed by atoms with van der Waals surface area (Å²) in [6.45, 7) is 4.57. The molecule has 2 aliphatic heterocycles. The van der Waals surface area contributed by atoms with Gasteiger partial charge in [0.25, 0.3) is 5.91 Å². The number of likely N-dealkylation sites (tertiary alicyclic amines) is 2. The molecule has 0 radical (unpaired) electrons. The predicted octanol–water partition coefficient (Wildman–Crippen LogP) is 1.84. The molecule has 3 aliphatic rings. The third-order valence-electron chi connectivity index (χ3n) is 7.50. The molecule has 0 bridgehead atoms. The number of amides is 3. The van der Waals surface area contributed by atoms with Crippen molar-refractivity contribution in [3.8, 4) is 5.88 Å². The van der Waals surface area contributed by atoms with Gasteiger partial charge in [-0.15, -0.1) is 0 Å². The molecule has 0 saturated carbocycles. The number of aromatic nitrogens is 1. The molecule has 2 atom stereocenters. The first-order chi connectivity index (χ1) is 18.7. The minimum absolute atomic E-state index is 0.00241. The molecule has 11 nitrogen and oxygen atoms in total. The zero-order chi connectivity index (χ0) is 28.1. The maximum atomic E-state index is 13.3. The number of hydrogen-bond acceptors (Lipinski definition) is 8. The highest BCUT2D eigenvalue weighted by Crippen LogP contribution is 2.30. The Bertz CT molecular complexity index is 1230. The Balaban J connectivity index is 1.45. The molecule has 0 aromatic carbocycles. The van der Waals surface area contributed by atoms with Gasteiger partial charge in [0, 0.05) is 24.4 Å². The van der Waals surface area contributed by atoms with Crippen molar-refractivity contribution in [1.82, 2.24) is 20.1 Å². The van der Waals surface area contributed by atoms with Crippen molar-refractivity contribution in [2.24, 2.45) is 11.7 Å². The van der Waals surface area contributed by atoms with Crippen LogP contribution in [0.1, 0.15) is 43.0 Å². The van der Waals surface area contributed by atoms with Crippen LogP contribution in [-0.4, -0.2) is 84.1 Å². The summed E-state index contributed by atoms with van der Waals surface area (Å²) in [5, 5.41) is 14.6. The molecule has 39 heavy (non-hydrogen) atoms. The second-order valence-electron chi connectivity index (χ2n) is 10.5. The summed E-state index contributed by atoms with van der Waals surface area (Å²) in [6, 6.07) is 1.40. The molecule has 1 aromatic heterocycles. The van der Waals surface area contributed by atoms with Crippen LogP contribution in [0.2, 0.25) is 0 Å².